The van der Waals surface area contributed by atoms with Gasteiger partial charge in [0, 0.05) is 10.8 Å². The van der Waals surface area contributed by atoms with Crippen LogP contribution in [0.2, 0.25) is 0 Å². The van der Waals surface area contributed by atoms with Gasteiger partial charge in [-0.1, -0.05) is 22.6 Å². The number of alkyl halides is 1. The lowest BCUT2D eigenvalue weighted by Gasteiger charge is -1.63. The molecule has 0 unspecified atom stereocenters. The molecule has 28 valence electrons. The van der Waals surface area contributed by atoms with Crippen molar-refractivity contribution < 1.29 is 0 Å². The summed E-state index contributed by atoms with van der Waals surface area (Å²) >= 11 is 2.16. The van der Waals surface area contributed by atoms with E-state index < -0.39 is 0 Å². The summed E-state index contributed by atoms with van der Waals surface area (Å²) < 4.78 is 0.953. The lowest BCUT2D eigenvalue weighted by molar-refractivity contribution is 1.27. The molecule has 0 atom stereocenters. The molecule has 0 aromatic rings. The van der Waals surface area contributed by atoms with Gasteiger partial charge in [-0.25, -0.2) is 0 Å². The van der Waals surface area contributed by atoms with Gasteiger partial charge in [-0.2, -0.15) is 5.26 Å². The van der Waals surface area contributed by atoms with E-state index in [1.54, 1.807) is 0 Å². The molecule has 0 radical (unpaired) electrons. The zero-order valence-electron chi connectivity index (χ0n) is 2.74. The third kappa shape index (κ3) is 4.22. The normalized spacial score (nSPS) is 6.40. The van der Waals surface area contributed by atoms with Crippen molar-refractivity contribution in [3.05, 3.63) is 0 Å². The summed E-state index contributed by atoms with van der Waals surface area (Å²) in [7, 11) is 0. The number of nitrogens with zero attached hydrogens (tertiary/aromatic N) is 1. The van der Waals surface area contributed by atoms with Crippen LogP contribution in [-0.2, 0) is 0 Å². The Kier molecular flexibility index (Phi) is 4.41. The zero-order valence-corrected chi connectivity index (χ0v) is 4.90. The zero-order chi connectivity index (χ0) is 4.12. The molecular formula is C3H4IN. The highest BCUT2D eigenvalue weighted by atomic mass is 127. The molecule has 1 nitrogen and oxygen atoms in total. The highest BCUT2D eigenvalue weighted by Crippen LogP contribution is 1.82. The minimum absolute atomic E-state index is 0.681. The fourth-order valence-corrected chi connectivity index (χ4v) is 0.283. The van der Waals surface area contributed by atoms with E-state index in [0.29, 0.717) is 6.42 Å². The largest absolute Gasteiger partial charge is 0.198 e. The van der Waals surface area contributed by atoms with Gasteiger partial charge in [0.05, 0.1) is 6.07 Å². The predicted molar refractivity (Wildman–Crippen MR) is 29.1 cm³/mol. The standard InChI is InChI=1S/C3H4IN/c4-2-1-3-5/h1-2H2. The number of rotatable bonds is 1. The van der Waals surface area contributed by atoms with Gasteiger partial charge in [0.15, 0.2) is 0 Å². The van der Waals surface area contributed by atoms with Crippen LogP contribution in [0.4, 0.5) is 0 Å². The molecule has 0 aromatic heterocycles. The van der Waals surface area contributed by atoms with Gasteiger partial charge in [0.1, 0.15) is 0 Å². The van der Waals surface area contributed by atoms with Crippen LogP contribution in [0.1, 0.15) is 6.42 Å². The van der Waals surface area contributed by atoms with Crippen molar-refractivity contribution >= 4 is 22.6 Å². The molecular weight excluding hydrogens is 177 g/mol. The Morgan fingerprint density at radius 3 is 2.40 bits per heavy atom. The fraction of sp³-hybridized carbons (Fsp3) is 0.667. The predicted octanol–water partition coefficient (Wildman–Crippen LogP) is 1.34. The molecule has 0 aromatic carbocycles. The molecule has 0 rings (SSSR count). The SMILES string of the molecule is N#CCCI. The van der Waals surface area contributed by atoms with Gasteiger partial charge in [-0.15, -0.1) is 0 Å². The lowest BCUT2D eigenvalue weighted by atomic mass is 10.6. The van der Waals surface area contributed by atoms with Crippen LogP contribution in [0.15, 0.2) is 0 Å². The van der Waals surface area contributed by atoms with Crippen LogP contribution in [-0.4, -0.2) is 4.43 Å². The molecule has 0 heterocycles. The van der Waals surface area contributed by atoms with E-state index in [1.165, 1.54) is 0 Å². The van der Waals surface area contributed by atoms with E-state index in [1.807, 2.05) is 6.07 Å². The van der Waals surface area contributed by atoms with Crippen molar-refractivity contribution in [2.75, 3.05) is 4.43 Å². The summed E-state index contributed by atoms with van der Waals surface area (Å²) in [4.78, 5) is 0. The highest BCUT2D eigenvalue weighted by molar-refractivity contribution is 14.1. The minimum Gasteiger partial charge on any atom is -0.198 e. The van der Waals surface area contributed by atoms with E-state index in [4.69, 9.17) is 5.26 Å². The third-order valence-electron chi connectivity index (χ3n) is 0.206. The molecule has 0 aliphatic rings. The van der Waals surface area contributed by atoms with Crippen LogP contribution in [0.25, 0.3) is 0 Å². The first-order valence-corrected chi connectivity index (χ1v) is 2.87. The first-order valence-electron chi connectivity index (χ1n) is 1.34. The van der Waals surface area contributed by atoms with Gasteiger partial charge in [0.25, 0.3) is 0 Å². The lowest BCUT2D eigenvalue weighted by Crippen LogP contribution is -1.59. The van der Waals surface area contributed by atoms with Crippen LogP contribution < -0.4 is 0 Å². The molecule has 0 amide bonds. The molecule has 0 N–H and O–H groups in total. The Labute approximate surface area is 45.1 Å². The topological polar surface area (TPSA) is 23.8 Å². The van der Waals surface area contributed by atoms with E-state index in [-0.39, 0.29) is 0 Å². The van der Waals surface area contributed by atoms with Gasteiger partial charge in [0.2, 0.25) is 0 Å². The van der Waals surface area contributed by atoms with E-state index in [2.05, 4.69) is 22.6 Å². The second kappa shape index (κ2) is 4.22. The fourth-order valence-electron chi connectivity index (χ4n) is 0.0423. The maximum absolute atomic E-state index is 7.81. The van der Waals surface area contributed by atoms with Crippen molar-refractivity contribution in [3.63, 3.8) is 0 Å². The van der Waals surface area contributed by atoms with Crippen molar-refractivity contribution in [1.82, 2.24) is 0 Å². The van der Waals surface area contributed by atoms with E-state index >= 15 is 0 Å². The van der Waals surface area contributed by atoms with E-state index in [9.17, 15) is 0 Å². The van der Waals surface area contributed by atoms with Crippen molar-refractivity contribution in [1.29, 1.82) is 5.26 Å². The van der Waals surface area contributed by atoms with Crippen LogP contribution in [0.5, 0.6) is 0 Å². The first-order chi connectivity index (χ1) is 2.41. The summed E-state index contributed by atoms with van der Waals surface area (Å²) in [6.45, 7) is 0. The average molecular weight is 181 g/mol. The summed E-state index contributed by atoms with van der Waals surface area (Å²) in [5.41, 5.74) is 0. The molecule has 0 saturated carbocycles. The first kappa shape index (κ1) is 5.22. The summed E-state index contributed by atoms with van der Waals surface area (Å²) in [6.07, 6.45) is 0.681. The molecule has 0 bridgehead atoms. The van der Waals surface area contributed by atoms with Gasteiger partial charge in [-0.3, -0.25) is 0 Å². The molecule has 5 heavy (non-hydrogen) atoms. The molecule has 0 fully saturated rings. The highest BCUT2D eigenvalue weighted by Gasteiger charge is 1.67. The Morgan fingerprint density at radius 2 is 2.40 bits per heavy atom. The summed E-state index contributed by atoms with van der Waals surface area (Å²) in [5, 5.41) is 7.81. The van der Waals surface area contributed by atoms with Crippen LogP contribution in [0, 0.1) is 11.3 Å². The minimum atomic E-state index is 0.681. The maximum atomic E-state index is 7.81. The maximum Gasteiger partial charge on any atom is 0.0629 e. The molecule has 2 heteroatoms. The molecule has 0 aliphatic carbocycles. The number of hydrogen-bond acceptors (Lipinski definition) is 1. The Balaban J connectivity index is 2.48. The smallest absolute Gasteiger partial charge is 0.0629 e. The molecule has 0 saturated heterocycles. The molecule has 0 aliphatic heterocycles. The Bertz CT molecular complexity index is 45.3. The summed E-state index contributed by atoms with van der Waals surface area (Å²) in [6, 6.07) is 2.01. The second-order valence-electron chi connectivity index (χ2n) is 0.597. The monoisotopic (exact) mass is 181 g/mol. The Hall–Kier alpha value is 0.220. The van der Waals surface area contributed by atoms with Crippen molar-refractivity contribution in [2.24, 2.45) is 0 Å². The second-order valence-corrected chi connectivity index (χ2v) is 1.68. The van der Waals surface area contributed by atoms with Gasteiger partial charge < -0.3 is 0 Å². The van der Waals surface area contributed by atoms with Gasteiger partial charge >= 0.3 is 0 Å². The number of nitriles is 1. The number of hydrogen-bond donors (Lipinski definition) is 0. The van der Waals surface area contributed by atoms with E-state index in [0.717, 1.165) is 4.43 Å². The van der Waals surface area contributed by atoms with Crippen molar-refractivity contribution in [2.45, 2.75) is 6.42 Å². The van der Waals surface area contributed by atoms with Crippen LogP contribution in [0.3, 0.4) is 0 Å². The van der Waals surface area contributed by atoms with Crippen LogP contribution >= 0.6 is 22.6 Å². The number of halogens is 1. The Morgan fingerprint density at radius 1 is 1.80 bits per heavy atom. The quantitative estimate of drug-likeness (QED) is 0.442. The van der Waals surface area contributed by atoms with Crippen molar-refractivity contribution in [3.8, 4) is 6.07 Å². The molecule has 0 spiro atoms. The third-order valence-corrected chi connectivity index (χ3v) is 0.746. The average Bonchev–Trinajstić information content (AvgIpc) is 1.41. The van der Waals surface area contributed by atoms with Gasteiger partial charge in [-0.05, 0) is 0 Å². The summed E-state index contributed by atoms with van der Waals surface area (Å²) in [5.74, 6) is 0.